The summed E-state index contributed by atoms with van der Waals surface area (Å²) in [6.07, 6.45) is 2.97. The highest BCUT2D eigenvalue weighted by atomic mass is 19.1. The van der Waals surface area contributed by atoms with Crippen LogP contribution in [-0.4, -0.2) is 40.1 Å². The lowest BCUT2D eigenvalue weighted by atomic mass is 9.77. The van der Waals surface area contributed by atoms with Crippen molar-refractivity contribution in [3.63, 3.8) is 0 Å². The Balaban J connectivity index is 1.64. The van der Waals surface area contributed by atoms with E-state index in [1.54, 1.807) is 30.4 Å². The van der Waals surface area contributed by atoms with Crippen LogP contribution < -0.4 is 0 Å². The first-order chi connectivity index (χ1) is 10.5. The number of amides is 1. The summed E-state index contributed by atoms with van der Waals surface area (Å²) in [7, 11) is 0. The number of fused-ring (bicyclic) bond motifs is 1. The molecule has 22 heavy (non-hydrogen) atoms. The van der Waals surface area contributed by atoms with E-state index in [0.717, 1.165) is 0 Å². The summed E-state index contributed by atoms with van der Waals surface area (Å²) in [5.74, 6) is -3.25. The van der Waals surface area contributed by atoms with Crippen molar-refractivity contribution >= 4 is 11.9 Å². The van der Waals surface area contributed by atoms with Crippen molar-refractivity contribution in [2.24, 2.45) is 11.8 Å². The normalized spacial score (nSPS) is 35.2. The number of carbonyl (C=O) groups excluding carboxylic acids is 1. The van der Waals surface area contributed by atoms with Crippen molar-refractivity contribution in [2.45, 2.75) is 18.2 Å². The average Bonchev–Trinajstić information content (AvgIpc) is 3.10. The molecule has 1 aromatic carbocycles. The number of hydrogen-bond acceptors (Lipinski definition) is 3. The Labute approximate surface area is 126 Å². The van der Waals surface area contributed by atoms with Crippen molar-refractivity contribution in [1.29, 1.82) is 0 Å². The summed E-state index contributed by atoms with van der Waals surface area (Å²) in [6.45, 7) is 0.388. The van der Waals surface area contributed by atoms with Gasteiger partial charge in [-0.2, -0.15) is 0 Å². The topological polar surface area (TPSA) is 66.8 Å². The maximum atomic E-state index is 13.8. The lowest BCUT2D eigenvalue weighted by Gasteiger charge is -2.21. The number of carboxylic acid groups (broad SMARTS) is 1. The van der Waals surface area contributed by atoms with E-state index in [4.69, 9.17) is 4.74 Å². The Bertz CT molecular complexity index is 703. The first kappa shape index (κ1) is 13.5. The molecule has 114 valence electrons. The molecular weight excluding hydrogens is 289 g/mol. The number of benzene rings is 1. The van der Waals surface area contributed by atoms with Crippen LogP contribution in [0.25, 0.3) is 0 Å². The monoisotopic (exact) mass is 303 g/mol. The third-order valence-electron chi connectivity index (χ3n) is 4.78. The van der Waals surface area contributed by atoms with Crippen LogP contribution in [0.2, 0.25) is 0 Å². The summed E-state index contributed by atoms with van der Waals surface area (Å²) in [5.41, 5.74) is -0.451. The molecule has 6 heteroatoms. The molecule has 3 heterocycles. The van der Waals surface area contributed by atoms with E-state index in [9.17, 15) is 19.1 Å². The van der Waals surface area contributed by atoms with Crippen LogP contribution in [0.15, 0.2) is 36.4 Å². The number of ether oxygens (including phenoxy) is 1. The van der Waals surface area contributed by atoms with Gasteiger partial charge in [0.2, 0.25) is 5.91 Å². The average molecular weight is 303 g/mol. The summed E-state index contributed by atoms with van der Waals surface area (Å²) in [4.78, 5) is 25.6. The van der Waals surface area contributed by atoms with Crippen molar-refractivity contribution in [2.75, 3.05) is 6.54 Å². The molecule has 0 radical (unpaired) electrons. The Kier molecular flexibility index (Phi) is 2.69. The predicted molar refractivity (Wildman–Crippen MR) is 73.2 cm³/mol. The molecule has 2 fully saturated rings. The van der Waals surface area contributed by atoms with Crippen LogP contribution in [0, 0.1) is 17.7 Å². The van der Waals surface area contributed by atoms with Gasteiger partial charge in [0.05, 0.1) is 18.6 Å². The third-order valence-corrected chi connectivity index (χ3v) is 4.78. The largest absolute Gasteiger partial charge is 0.481 e. The summed E-state index contributed by atoms with van der Waals surface area (Å²) in [6, 6.07) is 6.26. The molecule has 3 aliphatic heterocycles. The molecule has 5 nitrogen and oxygen atoms in total. The molecule has 1 spiro atoms. The highest BCUT2D eigenvalue weighted by Gasteiger charge is 2.66. The van der Waals surface area contributed by atoms with Gasteiger partial charge in [0, 0.05) is 12.1 Å². The maximum absolute atomic E-state index is 13.8. The third kappa shape index (κ3) is 1.67. The van der Waals surface area contributed by atoms with Crippen molar-refractivity contribution in [3.8, 4) is 0 Å². The Morgan fingerprint density at radius 2 is 2.23 bits per heavy atom. The Morgan fingerprint density at radius 1 is 1.45 bits per heavy atom. The summed E-state index contributed by atoms with van der Waals surface area (Å²) in [5, 5.41) is 9.37. The highest BCUT2D eigenvalue weighted by molar-refractivity contribution is 5.90. The summed E-state index contributed by atoms with van der Waals surface area (Å²) >= 11 is 0. The van der Waals surface area contributed by atoms with E-state index in [1.807, 2.05) is 0 Å². The van der Waals surface area contributed by atoms with Crippen LogP contribution >= 0.6 is 0 Å². The van der Waals surface area contributed by atoms with E-state index < -0.39 is 29.5 Å². The number of likely N-dealkylation sites (tertiary alicyclic amines) is 1. The molecular formula is C16H14FNO4. The molecule has 4 rings (SSSR count). The first-order valence-corrected chi connectivity index (χ1v) is 7.14. The minimum atomic E-state index is -1.03. The quantitative estimate of drug-likeness (QED) is 0.852. The molecule has 0 unspecified atom stereocenters. The van der Waals surface area contributed by atoms with Gasteiger partial charge < -0.3 is 14.7 Å². The molecule has 1 N–H and O–H groups in total. The maximum Gasteiger partial charge on any atom is 0.310 e. The Morgan fingerprint density at radius 3 is 2.95 bits per heavy atom. The van der Waals surface area contributed by atoms with E-state index in [-0.39, 0.29) is 24.8 Å². The molecule has 3 aliphatic rings. The standard InChI is InChI=1S/C16H14FNO4/c17-10-4-2-1-3-9(10)7-18-8-16-6-5-11(22-16)12(15(20)21)13(16)14(18)19/h1-6,11-13H,7-8H2,(H,20,21)/t11-,12-,13+,16+/m1/s1. The number of halogens is 1. The zero-order valence-electron chi connectivity index (χ0n) is 11.6. The lowest BCUT2D eigenvalue weighted by Crippen LogP contribution is -2.39. The van der Waals surface area contributed by atoms with Crippen molar-refractivity contribution < 1.29 is 23.8 Å². The van der Waals surface area contributed by atoms with Gasteiger partial charge in [-0.25, -0.2) is 4.39 Å². The van der Waals surface area contributed by atoms with Gasteiger partial charge in [0.1, 0.15) is 17.3 Å². The van der Waals surface area contributed by atoms with E-state index >= 15 is 0 Å². The van der Waals surface area contributed by atoms with Crippen LogP contribution in [0.1, 0.15) is 5.56 Å². The smallest absolute Gasteiger partial charge is 0.310 e. The fourth-order valence-electron chi connectivity index (χ4n) is 3.83. The molecule has 0 aliphatic carbocycles. The number of nitrogens with zero attached hydrogens (tertiary/aromatic N) is 1. The van der Waals surface area contributed by atoms with E-state index in [0.29, 0.717) is 5.56 Å². The van der Waals surface area contributed by atoms with Crippen LogP contribution in [0.3, 0.4) is 0 Å². The Hall–Kier alpha value is -2.21. The zero-order valence-corrected chi connectivity index (χ0v) is 11.6. The second-order valence-corrected chi connectivity index (χ2v) is 6.02. The molecule has 1 aromatic rings. The van der Waals surface area contributed by atoms with Gasteiger partial charge in [0.25, 0.3) is 0 Å². The van der Waals surface area contributed by atoms with Gasteiger partial charge in [0.15, 0.2) is 0 Å². The van der Waals surface area contributed by atoms with E-state index in [1.165, 1.54) is 11.0 Å². The summed E-state index contributed by atoms with van der Waals surface area (Å²) < 4.78 is 19.6. The minimum absolute atomic E-state index is 0.123. The van der Waals surface area contributed by atoms with Crippen LogP contribution in [0.5, 0.6) is 0 Å². The van der Waals surface area contributed by atoms with Gasteiger partial charge in [-0.3, -0.25) is 9.59 Å². The SMILES string of the molecule is O=C(O)[C@H]1[C@H]2C(=O)N(Cc3ccccc3F)C[C@@]23C=C[C@H]1O3. The van der Waals surface area contributed by atoms with Crippen LogP contribution in [-0.2, 0) is 20.9 Å². The van der Waals surface area contributed by atoms with E-state index in [2.05, 4.69) is 0 Å². The van der Waals surface area contributed by atoms with Gasteiger partial charge in [-0.1, -0.05) is 30.4 Å². The minimum Gasteiger partial charge on any atom is -0.481 e. The first-order valence-electron chi connectivity index (χ1n) is 7.14. The van der Waals surface area contributed by atoms with Gasteiger partial charge in [-0.15, -0.1) is 0 Å². The molecule has 4 atom stereocenters. The predicted octanol–water partition coefficient (Wildman–Crippen LogP) is 1.19. The molecule has 2 bridgehead atoms. The van der Waals surface area contributed by atoms with Crippen LogP contribution in [0.4, 0.5) is 4.39 Å². The highest BCUT2D eigenvalue weighted by Crippen LogP contribution is 2.52. The molecule has 0 aromatic heterocycles. The van der Waals surface area contributed by atoms with Crippen molar-refractivity contribution in [1.82, 2.24) is 4.90 Å². The van der Waals surface area contributed by atoms with Gasteiger partial charge >= 0.3 is 5.97 Å². The second kappa shape index (κ2) is 4.39. The second-order valence-electron chi connectivity index (χ2n) is 6.02. The zero-order chi connectivity index (χ0) is 15.5. The number of carboxylic acids is 1. The number of rotatable bonds is 3. The fourth-order valence-corrected chi connectivity index (χ4v) is 3.83. The van der Waals surface area contributed by atoms with Crippen molar-refractivity contribution in [3.05, 3.63) is 47.8 Å². The molecule has 0 saturated carbocycles. The number of hydrogen-bond donors (Lipinski definition) is 1. The molecule has 1 amide bonds. The van der Waals surface area contributed by atoms with Gasteiger partial charge in [-0.05, 0) is 6.07 Å². The number of aliphatic carboxylic acids is 1. The number of carbonyl (C=O) groups is 2. The lowest BCUT2D eigenvalue weighted by molar-refractivity contribution is -0.148. The fraction of sp³-hybridized carbons (Fsp3) is 0.375. The molecule has 2 saturated heterocycles.